The number of rotatable bonds is 8. The Hall–Kier alpha value is -3.58. The lowest BCUT2D eigenvalue weighted by Gasteiger charge is -2.17. The van der Waals surface area contributed by atoms with Crippen LogP contribution in [0.1, 0.15) is 49.5 Å². The van der Waals surface area contributed by atoms with Gasteiger partial charge in [0.25, 0.3) is 0 Å². The van der Waals surface area contributed by atoms with Crippen molar-refractivity contribution in [1.82, 2.24) is 9.29 Å². The molecule has 0 saturated heterocycles. The number of hydrogen-bond donors (Lipinski definition) is 0. The highest BCUT2D eigenvalue weighted by Crippen LogP contribution is 2.21. The molecule has 1 aromatic heterocycles. The minimum Gasteiger partial charge on any atom is -0.294 e. The first kappa shape index (κ1) is 22.6. The van der Waals surface area contributed by atoms with Crippen molar-refractivity contribution in [3.63, 3.8) is 0 Å². The molecule has 168 valence electrons. The Morgan fingerprint density at radius 3 is 2.39 bits per heavy atom. The van der Waals surface area contributed by atoms with Crippen LogP contribution in [0.5, 0.6) is 0 Å². The topological polar surface area (TPSA) is 84.4 Å². The molecule has 0 unspecified atom stereocenters. The first-order valence-corrected chi connectivity index (χ1v) is 12.2. The number of sulfonamides is 1. The van der Waals surface area contributed by atoms with Crippen LogP contribution in [0.4, 0.5) is 0 Å². The van der Waals surface area contributed by atoms with E-state index in [-0.39, 0.29) is 36.0 Å². The average molecular weight is 461 g/mol. The fourth-order valence-electron chi connectivity index (χ4n) is 3.78. The van der Waals surface area contributed by atoms with E-state index in [0.717, 1.165) is 16.7 Å². The summed E-state index contributed by atoms with van der Waals surface area (Å²) in [5, 5.41) is 0. The van der Waals surface area contributed by atoms with Crippen LogP contribution in [0.25, 0.3) is 0 Å². The van der Waals surface area contributed by atoms with Gasteiger partial charge in [-0.3, -0.25) is 18.9 Å². The Morgan fingerprint density at radius 1 is 0.939 bits per heavy atom. The van der Waals surface area contributed by atoms with E-state index in [1.54, 1.807) is 42.7 Å². The predicted molar refractivity (Wildman–Crippen MR) is 126 cm³/mol. The van der Waals surface area contributed by atoms with Gasteiger partial charge in [-0.1, -0.05) is 42.5 Å². The normalized spacial score (nSPS) is 14.4. The van der Waals surface area contributed by atoms with E-state index in [1.807, 2.05) is 43.3 Å². The molecule has 0 amide bonds. The summed E-state index contributed by atoms with van der Waals surface area (Å²) in [6, 6.07) is 18.6. The van der Waals surface area contributed by atoms with Crippen molar-refractivity contribution in [3.05, 3.63) is 113 Å². The van der Waals surface area contributed by atoms with Crippen LogP contribution < -0.4 is 0 Å². The molecule has 0 spiro atoms. The van der Waals surface area contributed by atoms with Gasteiger partial charge in [-0.2, -0.15) is 0 Å². The lowest BCUT2D eigenvalue weighted by atomic mass is 9.96. The van der Waals surface area contributed by atoms with E-state index in [1.165, 1.54) is 4.31 Å². The van der Waals surface area contributed by atoms with Gasteiger partial charge in [0, 0.05) is 18.0 Å². The van der Waals surface area contributed by atoms with Crippen molar-refractivity contribution >= 4 is 21.6 Å². The van der Waals surface area contributed by atoms with Gasteiger partial charge < -0.3 is 0 Å². The van der Waals surface area contributed by atoms with Gasteiger partial charge >= 0.3 is 0 Å². The number of aryl methyl sites for hydroxylation is 1. The molecule has 0 fully saturated rings. The number of ketones is 2. The number of benzene rings is 2. The van der Waals surface area contributed by atoms with Gasteiger partial charge in [-0.15, -0.1) is 0 Å². The number of carbonyl (C=O) groups is 2. The van der Waals surface area contributed by atoms with E-state index < -0.39 is 10.0 Å². The Morgan fingerprint density at radius 2 is 1.70 bits per heavy atom. The Labute approximate surface area is 193 Å². The highest BCUT2D eigenvalue weighted by molar-refractivity contribution is 7.89. The molecular formula is C26H24N2O4S. The summed E-state index contributed by atoms with van der Waals surface area (Å²) >= 11 is 0. The van der Waals surface area contributed by atoms with E-state index in [9.17, 15) is 18.0 Å². The summed E-state index contributed by atoms with van der Waals surface area (Å²) in [5.41, 5.74) is 4.19. The first-order chi connectivity index (χ1) is 15.8. The zero-order chi connectivity index (χ0) is 23.4. The lowest BCUT2D eigenvalue weighted by Crippen LogP contribution is -2.23. The molecule has 1 aliphatic heterocycles. The molecule has 1 aliphatic rings. The van der Waals surface area contributed by atoms with Crippen LogP contribution in [0, 0.1) is 6.92 Å². The lowest BCUT2D eigenvalue weighted by molar-refractivity contribution is 0.0891. The fourth-order valence-corrected chi connectivity index (χ4v) is 4.92. The molecular weight excluding hydrogens is 436 g/mol. The molecule has 0 bridgehead atoms. The predicted octanol–water partition coefficient (Wildman–Crippen LogP) is 4.10. The number of Topliss-reactive ketones (excluding diaryl/α,β-unsaturated/α-hetero) is 2. The van der Waals surface area contributed by atoms with Crippen molar-refractivity contribution < 1.29 is 18.0 Å². The second kappa shape index (κ2) is 9.50. The SMILES string of the molecule is Cc1ccnc(C(=O)CC(=O)c2cc(Cc3ccccc3)cc(CN3C=CCS3(=O)=O)c2)c1. The largest absolute Gasteiger partial charge is 0.294 e. The van der Waals surface area contributed by atoms with E-state index >= 15 is 0 Å². The quantitative estimate of drug-likeness (QED) is 0.373. The number of nitrogens with zero attached hydrogens (tertiary/aromatic N) is 2. The van der Waals surface area contributed by atoms with Crippen molar-refractivity contribution in [2.24, 2.45) is 0 Å². The van der Waals surface area contributed by atoms with Gasteiger partial charge in [0.1, 0.15) is 5.69 Å². The summed E-state index contributed by atoms with van der Waals surface area (Å²) in [4.78, 5) is 29.7. The third-order valence-electron chi connectivity index (χ3n) is 5.42. The smallest absolute Gasteiger partial charge is 0.238 e. The average Bonchev–Trinajstić information content (AvgIpc) is 3.12. The summed E-state index contributed by atoms with van der Waals surface area (Å²) in [5.74, 6) is -0.691. The van der Waals surface area contributed by atoms with Crippen molar-refractivity contribution in [2.45, 2.75) is 26.3 Å². The standard InChI is InChI=1S/C26H24N2O4S/c1-19-8-9-27-24(12-19)26(30)17-25(29)23-15-21(13-20-6-3-2-4-7-20)14-22(16-23)18-28-10-5-11-33(28,31)32/h2-10,12,14-16H,11,13,17-18H2,1H3. The van der Waals surface area contributed by atoms with Gasteiger partial charge in [-0.25, -0.2) is 8.42 Å². The fraction of sp³-hybridized carbons (Fsp3) is 0.192. The number of aromatic nitrogens is 1. The highest BCUT2D eigenvalue weighted by Gasteiger charge is 2.23. The van der Waals surface area contributed by atoms with Crippen LogP contribution in [0.3, 0.4) is 0 Å². The second-order valence-corrected chi connectivity index (χ2v) is 10.1. The minimum absolute atomic E-state index is 0.0273. The van der Waals surface area contributed by atoms with Crippen LogP contribution in [-0.4, -0.2) is 35.0 Å². The molecule has 0 radical (unpaired) electrons. The molecule has 2 aromatic carbocycles. The number of hydrogen-bond acceptors (Lipinski definition) is 5. The van der Waals surface area contributed by atoms with Crippen LogP contribution in [-0.2, 0) is 23.0 Å². The molecule has 4 rings (SSSR count). The van der Waals surface area contributed by atoms with Crippen molar-refractivity contribution in [1.29, 1.82) is 0 Å². The first-order valence-electron chi connectivity index (χ1n) is 10.6. The maximum Gasteiger partial charge on any atom is 0.238 e. The minimum atomic E-state index is -3.37. The monoisotopic (exact) mass is 460 g/mol. The number of pyridine rings is 1. The second-order valence-electron chi connectivity index (χ2n) is 8.15. The van der Waals surface area contributed by atoms with Gasteiger partial charge in [0.15, 0.2) is 11.6 Å². The maximum absolute atomic E-state index is 13.0. The van der Waals surface area contributed by atoms with E-state index in [4.69, 9.17) is 0 Å². The maximum atomic E-state index is 13.0. The Bertz CT molecular complexity index is 1330. The van der Waals surface area contributed by atoms with Gasteiger partial charge in [0.05, 0.1) is 18.7 Å². The molecule has 6 nitrogen and oxygen atoms in total. The summed E-state index contributed by atoms with van der Waals surface area (Å²) in [7, 11) is -3.37. The number of carbonyl (C=O) groups excluding carboxylic acids is 2. The molecule has 2 heterocycles. The van der Waals surface area contributed by atoms with Crippen LogP contribution >= 0.6 is 0 Å². The molecule has 7 heteroatoms. The van der Waals surface area contributed by atoms with Gasteiger partial charge in [-0.05, 0) is 59.9 Å². The Kier molecular flexibility index (Phi) is 6.51. The van der Waals surface area contributed by atoms with Crippen LogP contribution in [0.2, 0.25) is 0 Å². The van der Waals surface area contributed by atoms with Crippen molar-refractivity contribution in [3.8, 4) is 0 Å². The zero-order valence-corrected chi connectivity index (χ0v) is 19.1. The summed E-state index contributed by atoms with van der Waals surface area (Å²) in [6.45, 7) is 2.00. The summed E-state index contributed by atoms with van der Waals surface area (Å²) < 4.78 is 25.8. The third-order valence-corrected chi connectivity index (χ3v) is 7.00. The highest BCUT2D eigenvalue weighted by atomic mass is 32.2. The summed E-state index contributed by atoms with van der Waals surface area (Å²) in [6.07, 6.45) is 4.99. The van der Waals surface area contributed by atoms with E-state index in [0.29, 0.717) is 17.5 Å². The molecule has 3 aromatic rings. The molecule has 0 saturated carbocycles. The van der Waals surface area contributed by atoms with E-state index in [2.05, 4.69) is 4.98 Å². The Balaban J connectivity index is 1.62. The van der Waals surface area contributed by atoms with Crippen molar-refractivity contribution in [2.75, 3.05) is 5.75 Å². The molecule has 0 aliphatic carbocycles. The molecule has 0 atom stereocenters. The van der Waals surface area contributed by atoms with Crippen LogP contribution in [0.15, 0.2) is 79.1 Å². The van der Waals surface area contributed by atoms with Gasteiger partial charge in [0.2, 0.25) is 10.0 Å². The molecule has 0 N–H and O–H groups in total. The third kappa shape index (κ3) is 5.62. The molecule has 33 heavy (non-hydrogen) atoms. The zero-order valence-electron chi connectivity index (χ0n) is 18.3.